The molecular formula is C22H30F3N5O2Sn. The molecule has 1 amide bonds. The number of aromatic nitrogens is 2. The number of nitrogens with one attached hydrogen (secondary N) is 1. The van der Waals surface area contributed by atoms with Crippen LogP contribution in [0, 0.1) is 0 Å². The molecule has 180 valence electrons. The van der Waals surface area contributed by atoms with Gasteiger partial charge in [0.05, 0.1) is 0 Å². The van der Waals surface area contributed by atoms with E-state index >= 15 is 0 Å². The molecule has 7 nitrogen and oxygen atoms in total. The van der Waals surface area contributed by atoms with Gasteiger partial charge in [0.25, 0.3) is 0 Å². The van der Waals surface area contributed by atoms with Gasteiger partial charge in [-0.1, -0.05) is 0 Å². The van der Waals surface area contributed by atoms with E-state index in [1.165, 1.54) is 4.90 Å². The average molecular weight is 572 g/mol. The van der Waals surface area contributed by atoms with Crippen LogP contribution in [0.3, 0.4) is 0 Å². The number of benzene rings is 1. The van der Waals surface area contributed by atoms with E-state index in [2.05, 4.69) is 20.2 Å². The molecular weight excluding hydrogens is 542 g/mol. The van der Waals surface area contributed by atoms with Crippen LogP contribution in [0.2, 0.25) is 14.8 Å². The summed E-state index contributed by atoms with van der Waals surface area (Å²) in [4.78, 5) is 28.8. The van der Waals surface area contributed by atoms with Crippen LogP contribution in [0.25, 0.3) is 0 Å². The predicted octanol–water partition coefficient (Wildman–Crippen LogP) is 4.54. The van der Waals surface area contributed by atoms with Crippen LogP contribution in [0.15, 0.2) is 24.4 Å². The van der Waals surface area contributed by atoms with E-state index in [-0.39, 0.29) is 15.7 Å². The molecule has 1 unspecified atom stereocenters. The van der Waals surface area contributed by atoms with Gasteiger partial charge in [0.1, 0.15) is 0 Å². The van der Waals surface area contributed by atoms with Gasteiger partial charge < -0.3 is 5.11 Å². The van der Waals surface area contributed by atoms with Crippen molar-refractivity contribution in [2.75, 3.05) is 29.9 Å². The Hall–Kier alpha value is -2.24. The van der Waals surface area contributed by atoms with E-state index in [4.69, 9.17) is 0 Å². The first kappa shape index (κ1) is 25.4. The Morgan fingerprint density at radius 3 is 2.52 bits per heavy atom. The van der Waals surface area contributed by atoms with Gasteiger partial charge in [-0.25, -0.2) is 4.79 Å². The molecule has 1 aliphatic rings. The first-order valence-corrected chi connectivity index (χ1v) is 20.9. The van der Waals surface area contributed by atoms with Crippen molar-refractivity contribution in [2.45, 2.75) is 47.3 Å². The number of aryl methyl sites for hydroxylation is 1. The van der Waals surface area contributed by atoms with Crippen LogP contribution in [-0.4, -0.2) is 70.1 Å². The summed E-state index contributed by atoms with van der Waals surface area (Å²) in [6.07, 6.45) is -3.80. The number of carboxylic acid groups (broad SMARTS) is 1. The molecule has 11 heteroatoms. The fourth-order valence-corrected chi connectivity index (χ4v) is 8.18. The van der Waals surface area contributed by atoms with Gasteiger partial charge >= 0.3 is 186 Å². The zero-order valence-corrected chi connectivity index (χ0v) is 22.3. The molecule has 0 spiro atoms. The Balaban J connectivity index is 1.87. The van der Waals surface area contributed by atoms with Crippen LogP contribution in [-0.2, 0) is 12.6 Å². The number of alkyl halides is 3. The van der Waals surface area contributed by atoms with Crippen molar-refractivity contribution in [3.63, 3.8) is 0 Å². The minimum atomic E-state index is -4.48. The Kier molecular flexibility index (Phi) is 7.35. The van der Waals surface area contributed by atoms with Gasteiger partial charge in [-0.2, -0.15) is 0 Å². The molecule has 1 aromatic heterocycles. The number of rotatable bonds is 5. The number of carbonyl (C=O) groups is 1. The number of hydrogen-bond acceptors (Lipinski definition) is 5. The fraction of sp³-hybridized carbons (Fsp3) is 0.500. The quantitative estimate of drug-likeness (QED) is 0.513. The van der Waals surface area contributed by atoms with Gasteiger partial charge in [0.15, 0.2) is 0 Å². The summed E-state index contributed by atoms with van der Waals surface area (Å²) >= 11 is -3.18. The molecule has 1 aromatic carbocycles. The molecule has 1 atom stereocenters. The van der Waals surface area contributed by atoms with E-state index in [0.717, 1.165) is 23.1 Å². The van der Waals surface area contributed by atoms with Crippen molar-refractivity contribution < 1.29 is 23.1 Å². The number of halogens is 3. The Morgan fingerprint density at radius 2 is 1.97 bits per heavy atom. The summed E-state index contributed by atoms with van der Waals surface area (Å²) in [7, 11) is 0. The molecule has 0 radical (unpaired) electrons. The maximum absolute atomic E-state index is 13.5. The maximum atomic E-state index is 13.5. The Bertz CT molecular complexity index is 1030. The summed E-state index contributed by atoms with van der Waals surface area (Å²) < 4.78 is 40.6. The summed E-state index contributed by atoms with van der Waals surface area (Å²) in [6, 6.07) is 5.87. The Morgan fingerprint density at radius 1 is 1.27 bits per heavy atom. The first-order valence-electron chi connectivity index (χ1n) is 10.9. The topological polar surface area (TPSA) is 81.6 Å². The third kappa shape index (κ3) is 5.82. The number of nitrogens with zero attached hydrogens (tertiary/aromatic N) is 4. The average Bonchev–Trinajstić information content (AvgIpc) is 2.72. The second-order valence-electron chi connectivity index (χ2n) is 9.29. The normalized spacial score (nSPS) is 17.3. The zero-order chi connectivity index (χ0) is 24.6. The summed E-state index contributed by atoms with van der Waals surface area (Å²) in [5.41, 5.74) is 1.96. The third-order valence-electron chi connectivity index (χ3n) is 5.75. The van der Waals surface area contributed by atoms with E-state index < -0.39 is 36.2 Å². The molecule has 1 aliphatic heterocycles. The van der Waals surface area contributed by atoms with Crippen molar-refractivity contribution in [3.8, 4) is 0 Å². The number of anilines is 3. The van der Waals surface area contributed by atoms with Crippen molar-refractivity contribution in [3.05, 3.63) is 35.5 Å². The van der Waals surface area contributed by atoms with Gasteiger partial charge in [0, 0.05) is 0 Å². The predicted molar refractivity (Wildman–Crippen MR) is 126 cm³/mol. The molecule has 1 fully saturated rings. The van der Waals surface area contributed by atoms with Crippen LogP contribution in [0.5, 0.6) is 0 Å². The molecule has 33 heavy (non-hydrogen) atoms. The second-order valence-corrected chi connectivity index (χ2v) is 23.5. The molecule has 0 saturated carbocycles. The minimum absolute atomic E-state index is 0.0263. The van der Waals surface area contributed by atoms with E-state index in [9.17, 15) is 23.1 Å². The van der Waals surface area contributed by atoms with Crippen molar-refractivity contribution in [2.24, 2.45) is 0 Å². The van der Waals surface area contributed by atoms with Crippen molar-refractivity contribution in [1.82, 2.24) is 14.9 Å². The molecule has 3 rings (SSSR count). The van der Waals surface area contributed by atoms with E-state index in [1.807, 2.05) is 46.9 Å². The fourth-order valence-electron chi connectivity index (χ4n) is 4.03. The van der Waals surface area contributed by atoms with Crippen LogP contribution in [0.1, 0.15) is 25.0 Å². The van der Waals surface area contributed by atoms with Gasteiger partial charge in [-0.05, 0) is 0 Å². The first-order chi connectivity index (χ1) is 15.3. The molecule has 1 saturated heterocycles. The van der Waals surface area contributed by atoms with Gasteiger partial charge in [-0.3, -0.25) is 0 Å². The van der Waals surface area contributed by atoms with Gasteiger partial charge in [-0.15, -0.1) is 0 Å². The van der Waals surface area contributed by atoms with Crippen LogP contribution >= 0.6 is 0 Å². The van der Waals surface area contributed by atoms with Crippen molar-refractivity contribution in [1.29, 1.82) is 0 Å². The zero-order valence-electron chi connectivity index (χ0n) is 19.5. The number of piperazine rings is 1. The number of amides is 1. The SMILES string of the molecule is CCc1cc(N2CCN(C(=O)O)CC2C)ccc1Nc1ncc(C(F)(F)F)[c]([Sn]([CH3])([CH3])[CH3])n1. The Labute approximate surface area is 195 Å². The molecule has 2 heterocycles. The standard InChI is InChI=1S/C19H21F3N5O2.3CH3.Sn/c1-3-13-8-15(27-7-6-26(18(28)29)11-12(27)2)4-5-16(13)25-17-23-9-14(10-24-17)19(20,21)22;;;;/h4-5,8-9,12H,3,6-7,11H2,1-2H3,(H,28,29)(H,23,24,25);3*1H3;. The monoisotopic (exact) mass is 573 g/mol. The van der Waals surface area contributed by atoms with Crippen LogP contribution < -0.4 is 13.9 Å². The summed E-state index contributed by atoms with van der Waals surface area (Å²) in [5.74, 6) is 0.163. The second kappa shape index (κ2) is 9.55. The van der Waals surface area contributed by atoms with Gasteiger partial charge in [0.2, 0.25) is 0 Å². The third-order valence-corrected chi connectivity index (χ3v) is 10.9. The van der Waals surface area contributed by atoms with Crippen molar-refractivity contribution >= 4 is 45.5 Å². The van der Waals surface area contributed by atoms with E-state index in [1.54, 1.807) is 0 Å². The molecule has 0 aliphatic carbocycles. The number of hydrogen-bond donors (Lipinski definition) is 2. The summed E-state index contributed by atoms with van der Waals surface area (Å²) in [6.45, 7) is 5.44. The molecule has 2 N–H and O–H groups in total. The van der Waals surface area contributed by atoms with Crippen LogP contribution in [0.4, 0.5) is 35.3 Å². The summed E-state index contributed by atoms with van der Waals surface area (Å²) in [5, 5.41) is 12.3. The molecule has 0 bridgehead atoms. The van der Waals surface area contributed by atoms with E-state index in [0.29, 0.717) is 26.1 Å². The molecule has 2 aromatic rings.